The van der Waals surface area contributed by atoms with Crippen LogP contribution in [0.5, 0.6) is 11.5 Å². The number of hydrogen-bond acceptors (Lipinski definition) is 5. The molecule has 4 atom stereocenters. The number of nitrogens with one attached hydrogen (secondary N) is 1. The first-order valence-electron chi connectivity index (χ1n) is 12.6. The van der Waals surface area contributed by atoms with Gasteiger partial charge in [-0.2, -0.15) is 0 Å². The Balaban J connectivity index is 1.69. The number of carbonyl (C=O) groups excluding carboxylic acids is 1. The van der Waals surface area contributed by atoms with Crippen LogP contribution in [0, 0.1) is 0 Å². The van der Waals surface area contributed by atoms with Crippen molar-refractivity contribution in [3.05, 3.63) is 23.8 Å². The molecule has 2 N–H and O–H groups in total. The monoisotopic (exact) mass is 446 g/mol. The molecular formula is C26H42N2O4. The third-order valence-corrected chi connectivity index (χ3v) is 6.93. The molecule has 0 saturated carbocycles. The van der Waals surface area contributed by atoms with Crippen molar-refractivity contribution in [3.8, 4) is 11.5 Å². The van der Waals surface area contributed by atoms with E-state index in [0.717, 1.165) is 31.2 Å². The van der Waals surface area contributed by atoms with Crippen LogP contribution in [0.1, 0.15) is 90.2 Å². The van der Waals surface area contributed by atoms with Crippen LogP contribution in [0.2, 0.25) is 0 Å². The number of amides is 1. The number of fused-ring (bicyclic) bond motifs is 1. The topological polar surface area (TPSA) is 71.0 Å². The lowest BCUT2D eigenvalue weighted by Crippen LogP contribution is -2.53. The number of aliphatic hydroxyl groups excluding tert-OH is 1. The quantitative estimate of drug-likeness (QED) is 0.486. The number of rotatable bonds is 11. The second kappa shape index (κ2) is 12.4. The fourth-order valence-corrected chi connectivity index (χ4v) is 4.93. The van der Waals surface area contributed by atoms with E-state index in [4.69, 9.17) is 9.47 Å². The van der Waals surface area contributed by atoms with Crippen molar-refractivity contribution >= 4 is 5.91 Å². The molecule has 3 unspecified atom stereocenters. The number of hydrogen-bond donors (Lipinski definition) is 2. The first-order valence-corrected chi connectivity index (χ1v) is 12.6. The number of piperidine rings is 1. The predicted octanol–water partition coefficient (Wildman–Crippen LogP) is 4.60. The highest BCUT2D eigenvalue weighted by atomic mass is 16.6. The minimum absolute atomic E-state index is 0.0282. The summed E-state index contributed by atoms with van der Waals surface area (Å²) in [6, 6.07) is 6.10. The van der Waals surface area contributed by atoms with Gasteiger partial charge in [-0.3, -0.25) is 9.69 Å². The van der Waals surface area contributed by atoms with Gasteiger partial charge >= 0.3 is 0 Å². The summed E-state index contributed by atoms with van der Waals surface area (Å²) >= 11 is 0. The second-order valence-corrected chi connectivity index (χ2v) is 9.51. The Morgan fingerprint density at radius 2 is 1.78 bits per heavy atom. The number of benzene rings is 1. The lowest BCUT2D eigenvalue weighted by Gasteiger charge is -2.42. The van der Waals surface area contributed by atoms with Crippen molar-refractivity contribution in [1.82, 2.24) is 10.2 Å². The number of aliphatic hydroxyl groups is 1. The molecule has 2 aliphatic heterocycles. The molecule has 0 aromatic heterocycles. The van der Waals surface area contributed by atoms with Gasteiger partial charge in [0, 0.05) is 25.0 Å². The zero-order valence-electron chi connectivity index (χ0n) is 20.1. The molecule has 0 bridgehead atoms. The summed E-state index contributed by atoms with van der Waals surface area (Å²) in [6.45, 7) is 8.38. The maximum Gasteiger partial charge on any atom is 0.220 e. The lowest BCUT2D eigenvalue weighted by atomic mass is 9.94. The Hall–Kier alpha value is -1.79. The van der Waals surface area contributed by atoms with E-state index in [1.54, 1.807) is 0 Å². The second-order valence-electron chi connectivity index (χ2n) is 9.51. The molecule has 180 valence electrons. The van der Waals surface area contributed by atoms with Crippen LogP contribution in [-0.4, -0.2) is 53.8 Å². The average molecular weight is 447 g/mol. The van der Waals surface area contributed by atoms with Gasteiger partial charge in [0.25, 0.3) is 0 Å². The standard InChI is InChI=1S/C26H42N2O4/c1-4-5-6-7-8-12-25(29)27-22(18-28-19(2)10-9-11-20(28)3)26(30)21-13-14-23-24(17-21)32-16-15-31-23/h13-14,17,19-20,22,26,30H,4-12,15-16,18H2,1-3H3,(H,27,29)/t19?,20?,22?,26-/m1/s1. The van der Waals surface area contributed by atoms with Crippen LogP contribution in [0.4, 0.5) is 0 Å². The highest BCUT2D eigenvalue weighted by molar-refractivity contribution is 5.76. The number of ether oxygens (including phenoxy) is 2. The number of nitrogens with zero attached hydrogens (tertiary/aromatic N) is 1. The molecule has 32 heavy (non-hydrogen) atoms. The zero-order valence-corrected chi connectivity index (χ0v) is 20.1. The molecule has 6 nitrogen and oxygen atoms in total. The van der Waals surface area contributed by atoms with Crippen LogP contribution in [-0.2, 0) is 4.79 Å². The van der Waals surface area contributed by atoms with Crippen LogP contribution >= 0.6 is 0 Å². The third-order valence-electron chi connectivity index (χ3n) is 6.93. The van der Waals surface area contributed by atoms with Crippen molar-refractivity contribution in [2.75, 3.05) is 19.8 Å². The number of carbonyl (C=O) groups is 1. The van der Waals surface area contributed by atoms with Crippen molar-refractivity contribution in [3.63, 3.8) is 0 Å². The van der Waals surface area contributed by atoms with Crippen LogP contribution in [0.25, 0.3) is 0 Å². The summed E-state index contributed by atoms with van der Waals surface area (Å²) in [5.41, 5.74) is 0.750. The first-order chi connectivity index (χ1) is 15.5. The van der Waals surface area contributed by atoms with E-state index in [-0.39, 0.29) is 11.9 Å². The van der Waals surface area contributed by atoms with Gasteiger partial charge in [-0.05, 0) is 50.8 Å². The maximum absolute atomic E-state index is 12.8. The van der Waals surface area contributed by atoms with Gasteiger partial charge in [-0.15, -0.1) is 0 Å². The van der Waals surface area contributed by atoms with Gasteiger partial charge in [0.15, 0.2) is 11.5 Å². The van der Waals surface area contributed by atoms with Gasteiger partial charge < -0.3 is 19.9 Å². The fraction of sp³-hybridized carbons (Fsp3) is 0.731. The molecular weight excluding hydrogens is 404 g/mol. The van der Waals surface area contributed by atoms with Crippen molar-refractivity contribution in [2.24, 2.45) is 0 Å². The van der Waals surface area contributed by atoms with E-state index in [1.807, 2.05) is 18.2 Å². The van der Waals surface area contributed by atoms with Gasteiger partial charge in [0.1, 0.15) is 19.3 Å². The van der Waals surface area contributed by atoms with Crippen LogP contribution in [0.3, 0.4) is 0 Å². The summed E-state index contributed by atoms with van der Waals surface area (Å²) < 4.78 is 11.3. The summed E-state index contributed by atoms with van der Waals surface area (Å²) in [5, 5.41) is 14.5. The molecule has 1 aromatic rings. The van der Waals surface area contributed by atoms with Gasteiger partial charge in [0.2, 0.25) is 5.91 Å². The van der Waals surface area contributed by atoms with E-state index >= 15 is 0 Å². The minimum Gasteiger partial charge on any atom is -0.486 e. The third kappa shape index (κ3) is 6.85. The van der Waals surface area contributed by atoms with E-state index in [2.05, 4.69) is 31.0 Å². The molecule has 3 rings (SSSR count). The summed E-state index contributed by atoms with van der Waals surface area (Å²) in [7, 11) is 0. The molecule has 0 aliphatic carbocycles. The molecule has 0 spiro atoms. The van der Waals surface area contributed by atoms with Gasteiger partial charge in [-0.1, -0.05) is 45.1 Å². The first kappa shape index (κ1) is 24.8. The summed E-state index contributed by atoms with van der Waals surface area (Å²) in [6.07, 6.45) is 8.82. The summed E-state index contributed by atoms with van der Waals surface area (Å²) in [5.74, 6) is 1.40. The highest BCUT2D eigenvalue weighted by Gasteiger charge is 2.32. The van der Waals surface area contributed by atoms with Crippen LogP contribution < -0.4 is 14.8 Å². The predicted molar refractivity (Wildman–Crippen MR) is 127 cm³/mol. The molecule has 1 saturated heterocycles. The Labute approximate surface area is 193 Å². The zero-order chi connectivity index (χ0) is 22.9. The molecule has 0 radical (unpaired) electrons. The van der Waals surface area contributed by atoms with E-state index in [1.165, 1.54) is 25.7 Å². The lowest BCUT2D eigenvalue weighted by molar-refractivity contribution is -0.123. The van der Waals surface area contributed by atoms with E-state index in [9.17, 15) is 9.90 Å². The molecule has 1 fully saturated rings. The fourth-order valence-electron chi connectivity index (χ4n) is 4.93. The smallest absolute Gasteiger partial charge is 0.220 e. The Kier molecular flexibility index (Phi) is 9.67. The van der Waals surface area contributed by atoms with Crippen molar-refractivity contribution in [1.29, 1.82) is 0 Å². The normalized spacial score (nSPS) is 22.9. The minimum atomic E-state index is -0.809. The van der Waals surface area contributed by atoms with Crippen molar-refractivity contribution in [2.45, 2.75) is 103 Å². The molecule has 2 aliphatic rings. The SMILES string of the molecule is CCCCCCCC(=O)NC(CN1C(C)CCCC1C)[C@H](O)c1ccc2c(c1)OCCO2. The Bertz CT molecular complexity index is 716. The molecule has 2 heterocycles. The maximum atomic E-state index is 12.8. The largest absolute Gasteiger partial charge is 0.486 e. The van der Waals surface area contributed by atoms with Crippen molar-refractivity contribution < 1.29 is 19.4 Å². The molecule has 1 aromatic carbocycles. The number of likely N-dealkylation sites (tertiary alicyclic amines) is 1. The number of unbranched alkanes of at least 4 members (excludes halogenated alkanes) is 4. The Morgan fingerprint density at radius 3 is 2.50 bits per heavy atom. The Morgan fingerprint density at radius 1 is 1.09 bits per heavy atom. The van der Waals surface area contributed by atoms with E-state index in [0.29, 0.717) is 49.8 Å². The molecule has 6 heteroatoms. The van der Waals surface area contributed by atoms with Crippen LogP contribution in [0.15, 0.2) is 18.2 Å². The average Bonchev–Trinajstić information content (AvgIpc) is 2.80. The highest BCUT2D eigenvalue weighted by Crippen LogP contribution is 2.34. The van der Waals surface area contributed by atoms with Gasteiger partial charge in [-0.25, -0.2) is 0 Å². The van der Waals surface area contributed by atoms with Gasteiger partial charge in [0.05, 0.1) is 6.04 Å². The summed E-state index contributed by atoms with van der Waals surface area (Å²) in [4.78, 5) is 15.2. The molecule has 1 amide bonds. The van der Waals surface area contributed by atoms with E-state index < -0.39 is 6.10 Å².